The lowest BCUT2D eigenvalue weighted by Crippen LogP contribution is -2.43. The number of anilines is 1. The lowest BCUT2D eigenvalue weighted by atomic mass is 10.1. The molecule has 5 atom stereocenters. The molecule has 1 saturated heterocycles. The zero-order valence-electron chi connectivity index (χ0n) is 24.9. The third kappa shape index (κ3) is 8.30. The highest BCUT2D eigenvalue weighted by Crippen LogP contribution is 2.32. The highest BCUT2D eigenvalue weighted by Gasteiger charge is 2.44. The van der Waals surface area contributed by atoms with Crippen molar-refractivity contribution in [2.45, 2.75) is 49.8 Å². The minimum Gasteiger partial charge on any atom is -0.480 e. The van der Waals surface area contributed by atoms with E-state index < -0.39 is 36.6 Å². The van der Waals surface area contributed by atoms with Crippen LogP contribution in [-0.2, 0) is 16.0 Å². The predicted molar refractivity (Wildman–Crippen MR) is 166 cm³/mol. The molecule has 1 aliphatic rings. The Morgan fingerprint density at radius 3 is 2.53 bits per heavy atom. The molecule has 14 heteroatoms. The molecule has 1 aliphatic heterocycles. The van der Waals surface area contributed by atoms with Gasteiger partial charge < -0.3 is 46.5 Å². The SMILES string of the molecule is Nc1ncnc2c1ncn2[C@@H]1O[C@H](CN(CCCNCCc2ccc(Oc3ccccc3)cc2)CC[C@H](N)C(=O)O)[C@@H](O)[C@H]1O. The number of aliphatic hydroxyl groups excluding tert-OH is 2. The Morgan fingerprint density at radius 1 is 1.02 bits per heavy atom. The number of hydrogen-bond donors (Lipinski definition) is 6. The minimum absolute atomic E-state index is 0.198. The average molecular weight is 621 g/mol. The van der Waals surface area contributed by atoms with Crippen LogP contribution >= 0.6 is 0 Å². The van der Waals surface area contributed by atoms with E-state index in [1.165, 1.54) is 22.8 Å². The van der Waals surface area contributed by atoms with Gasteiger partial charge in [-0.1, -0.05) is 30.3 Å². The van der Waals surface area contributed by atoms with E-state index in [1.54, 1.807) is 0 Å². The van der Waals surface area contributed by atoms with E-state index in [4.69, 9.17) is 20.9 Å². The van der Waals surface area contributed by atoms with Gasteiger partial charge in [0.15, 0.2) is 17.7 Å². The summed E-state index contributed by atoms with van der Waals surface area (Å²) in [6.45, 7) is 2.78. The first-order valence-corrected chi connectivity index (χ1v) is 15.0. The first-order valence-electron chi connectivity index (χ1n) is 15.0. The summed E-state index contributed by atoms with van der Waals surface area (Å²) in [5.74, 6) is 0.706. The third-order valence-corrected chi connectivity index (χ3v) is 7.83. The number of carboxylic acid groups (broad SMARTS) is 1. The number of hydrogen-bond acceptors (Lipinski definition) is 12. The van der Waals surface area contributed by atoms with E-state index in [1.807, 2.05) is 47.4 Å². The normalized spacial score (nSPS) is 20.5. The summed E-state index contributed by atoms with van der Waals surface area (Å²) in [6, 6.07) is 16.7. The molecule has 3 heterocycles. The summed E-state index contributed by atoms with van der Waals surface area (Å²) in [4.78, 5) is 25.7. The second kappa shape index (κ2) is 15.2. The number of carboxylic acids is 1. The highest BCUT2D eigenvalue weighted by molar-refractivity contribution is 5.81. The molecule has 0 saturated carbocycles. The van der Waals surface area contributed by atoms with Crippen LogP contribution in [0.15, 0.2) is 67.3 Å². The number of fused-ring (bicyclic) bond motifs is 1. The summed E-state index contributed by atoms with van der Waals surface area (Å²) < 4.78 is 13.5. The Bertz CT molecular complexity index is 1520. The van der Waals surface area contributed by atoms with E-state index >= 15 is 0 Å². The number of para-hydroxylation sites is 1. The van der Waals surface area contributed by atoms with Crippen LogP contribution in [0.4, 0.5) is 5.82 Å². The molecule has 0 unspecified atom stereocenters. The Kier molecular flexibility index (Phi) is 10.9. The quantitative estimate of drug-likeness (QED) is 0.0973. The fourth-order valence-corrected chi connectivity index (χ4v) is 5.29. The van der Waals surface area contributed by atoms with Gasteiger partial charge in [-0.25, -0.2) is 15.0 Å². The number of nitrogens with two attached hydrogens (primary N) is 2. The van der Waals surface area contributed by atoms with Crippen molar-refractivity contribution in [3.63, 3.8) is 0 Å². The molecule has 8 N–H and O–H groups in total. The van der Waals surface area contributed by atoms with Crippen molar-refractivity contribution in [3.8, 4) is 11.5 Å². The lowest BCUT2D eigenvalue weighted by Gasteiger charge is -2.27. The number of aliphatic carboxylic acids is 1. The van der Waals surface area contributed by atoms with Gasteiger partial charge in [-0.3, -0.25) is 9.36 Å². The van der Waals surface area contributed by atoms with Crippen molar-refractivity contribution in [2.24, 2.45) is 5.73 Å². The summed E-state index contributed by atoms with van der Waals surface area (Å²) in [7, 11) is 0. The fraction of sp³-hybridized carbons (Fsp3) is 0.419. The number of nitrogen functional groups attached to an aromatic ring is 1. The monoisotopic (exact) mass is 620 g/mol. The van der Waals surface area contributed by atoms with E-state index in [2.05, 4.69) is 32.4 Å². The largest absolute Gasteiger partial charge is 0.480 e. The maximum atomic E-state index is 11.3. The first-order chi connectivity index (χ1) is 21.8. The first kappa shape index (κ1) is 32.2. The molecule has 1 fully saturated rings. The van der Waals surface area contributed by atoms with Crippen molar-refractivity contribution in [1.82, 2.24) is 29.7 Å². The van der Waals surface area contributed by atoms with Gasteiger partial charge in [-0.05, 0) is 68.7 Å². The number of carbonyl (C=O) groups is 1. The fourth-order valence-electron chi connectivity index (χ4n) is 5.29. The van der Waals surface area contributed by atoms with E-state index in [9.17, 15) is 20.1 Å². The molecular weight excluding hydrogens is 580 g/mol. The van der Waals surface area contributed by atoms with Crippen molar-refractivity contribution >= 4 is 23.0 Å². The van der Waals surface area contributed by atoms with Crippen LogP contribution in [0.3, 0.4) is 0 Å². The maximum Gasteiger partial charge on any atom is 0.320 e. The van der Waals surface area contributed by atoms with Gasteiger partial charge in [0, 0.05) is 13.1 Å². The van der Waals surface area contributed by atoms with E-state index in [0.717, 1.165) is 37.4 Å². The van der Waals surface area contributed by atoms with Crippen LogP contribution in [0.1, 0.15) is 24.6 Å². The van der Waals surface area contributed by atoms with Gasteiger partial charge in [-0.2, -0.15) is 0 Å². The molecule has 2 aromatic heterocycles. The number of ether oxygens (including phenoxy) is 2. The number of benzene rings is 2. The van der Waals surface area contributed by atoms with Gasteiger partial charge in [0.25, 0.3) is 0 Å². The Balaban J connectivity index is 1.10. The van der Waals surface area contributed by atoms with Crippen LogP contribution in [-0.4, -0.2) is 103 Å². The molecule has 240 valence electrons. The van der Waals surface area contributed by atoms with Gasteiger partial charge in [0.2, 0.25) is 0 Å². The van der Waals surface area contributed by atoms with Crippen LogP contribution in [0, 0.1) is 0 Å². The molecule has 45 heavy (non-hydrogen) atoms. The maximum absolute atomic E-state index is 11.3. The topological polar surface area (TPSA) is 207 Å². The number of nitrogens with one attached hydrogen (secondary N) is 1. The van der Waals surface area contributed by atoms with Crippen LogP contribution < -0.4 is 21.5 Å². The highest BCUT2D eigenvalue weighted by atomic mass is 16.6. The molecular formula is C31H40N8O6. The van der Waals surface area contributed by atoms with Crippen LogP contribution in [0.5, 0.6) is 11.5 Å². The lowest BCUT2D eigenvalue weighted by molar-refractivity contribution is -0.138. The Morgan fingerprint density at radius 2 is 1.78 bits per heavy atom. The van der Waals surface area contributed by atoms with Gasteiger partial charge in [-0.15, -0.1) is 0 Å². The smallest absolute Gasteiger partial charge is 0.320 e. The number of aliphatic hydroxyl groups is 2. The summed E-state index contributed by atoms with van der Waals surface area (Å²) in [6.07, 6.45) is 0.469. The Labute approximate surface area is 260 Å². The van der Waals surface area contributed by atoms with Gasteiger partial charge >= 0.3 is 5.97 Å². The van der Waals surface area contributed by atoms with Crippen molar-refractivity contribution in [1.29, 1.82) is 0 Å². The van der Waals surface area contributed by atoms with E-state index in [0.29, 0.717) is 24.3 Å². The number of aromatic nitrogens is 4. The molecule has 0 amide bonds. The number of imidazole rings is 1. The third-order valence-electron chi connectivity index (χ3n) is 7.83. The van der Waals surface area contributed by atoms with Crippen LogP contribution in [0.25, 0.3) is 11.2 Å². The van der Waals surface area contributed by atoms with Gasteiger partial charge in [0.05, 0.1) is 6.33 Å². The molecule has 0 radical (unpaired) electrons. The average Bonchev–Trinajstić information content (AvgIpc) is 3.59. The number of nitrogens with zero attached hydrogens (tertiary/aromatic N) is 5. The van der Waals surface area contributed by atoms with Crippen LogP contribution in [0.2, 0.25) is 0 Å². The van der Waals surface area contributed by atoms with E-state index in [-0.39, 0.29) is 18.8 Å². The summed E-state index contributed by atoms with van der Waals surface area (Å²) in [5.41, 5.74) is 13.6. The number of rotatable bonds is 16. The zero-order valence-corrected chi connectivity index (χ0v) is 24.9. The summed E-state index contributed by atoms with van der Waals surface area (Å²) >= 11 is 0. The molecule has 5 rings (SSSR count). The Hall–Kier alpha value is -4.18. The predicted octanol–water partition coefficient (Wildman–Crippen LogP) is 1.15. The van der Waals surface area contributed by atoms with Crippen molar-refractivity contribution in [2.75, 3.05) is 38.5 Å². The second-order valence-electron chi connectivity index (χ2n) is 11.1. The standard InChI is InChI=1S/C31H40N8O6/c32-23(31(42)43)12-16-38(15-4-13-34-14-11-20-7-9-22(10-8-20)44-21-5-2-1-3-6-21)17-24-26(40)27(41)30(45-24)39-19-37-25-28(33)35-18-36-29(25)39/h1-3,5-10,18-19,23-24,26-27,30,34,40-41H,4,11-17,32H2,(H,42,43)(H2,33,35,36)/t23-,24+,26+,27+,30+/m0/s1. The minimum atomic E-state index is -1.24. The van der Waals surface area contributed by atoms with Crippen molar-refractivity contribution in [3.05, 3.63) is 72.8 Å². The van der Waals surface area contributed by atoms with Crippen molar-refractivity contribution < 1.29 is 29.6 Å². The second-order valence-corrected chi connectivity index (χ2v) is 11.1. The summed E-state index contributed by atoms with van der Waals surface area (Å²) in [5, 5.41) is 34.4. The molecule has 4 aromatic rings. The molecule has 0 spiro atoms. The molecule has 0 bridgehead atoms. The molecule has 0 aliphatic carbocycles. The zero-order chi connectivity index (χ0) is 31.8. The molecule has 2 aromatic carbocycles. The molecule has 14 nitrogen and oxygen atoms in total. The van der Waals surface area contributed by atoms with Gasteiger partial charge in [0.1, 0.15) is 47.7 Å².